The molecule has 2 heterocycles. The molecular formula is C13H22N4OS. The van der Waals surface area contributed by atoms with Crippen LogP contribution in [0, 0.1) is 12.8 Å². The summed E-state index contributed by atoms with van der Waals surface area (Å²) in [6, 6.07) is 0. The highest BCUT2D eigenvalue weighted by Gasteiger charge is 2.25. The molecular weight excluding hydrogens is 260 g/mol. The third kappa shape index (κ3) is 3.96. The Morgan fingerprint density at radius 2 is 2.21 bits per heavy atom. The molecule has 2 rings (SSSR count). The van der Waals surface area contributed by atoms with Crippen LogP contribution >= 0.6 is 11.8 Å². The van der Waals surface area contributed by atoms with Gasteiger partial charge >= 0.3 is 0 Å². The zero-order valence-electron chi connectivity index (χ0n) is 11.8. The van der Waals surface area contributed by atoms with Crippen LogP contribution in [0.15, 0.2) is 9.52 Å². The molecule has 1 N–H and O–H groups in total. The van der Waals surface area contributed by atoms with E-state index in [1.54, 1.807) is 6.92 Å². The van der Waals surface area contributed by atoms with Gasteiger partial charge in [0.05, 0.1) is 6.54 Å². The number of hydrogen-bond acceptors (Lipinski definition) is 6. The molecule has 1 atom stereocenters. The predicted octanol–water partition coefficient (Wildman–Crippen LogP) is 2.42. The number of aromatic nitrogens is 2. The van der Waals surface area contributed by atoms with E-state index in [0.29, 0.717) is 11.1 Å². The van der Waals surface area contributed by atoms with Crippen molar-refractivity contribution in [1.29, 1.82) is 0 Å². The molecule has 1 unspecified atom stereocenters. The van der Waals surface area contributed by atoms with Crippen molar-refractivity contribution < 1.29 is 4.52 Å². The molecule has 19 heavy (non-hydrogen) atoms. The minimum Gasteiger partial charge on any atom is -0.364 e. The fourth-order valence-electron chi connectivity index (χ4n) is 2.27. The molecule has 0 radical (unpaired) electrons. The first-order chi connectivity index (χ1) is 9.22. The summed E-state index contributed by atoms with van der Waals surface area (Å²) < 4.78 is 4.94. The van der Waals surface area contributed by atoms with Gasteiger partial charge in [0, 0.05) is 25.1 Å². The van der Waals surface area contributed by atoms with Gasteiger partial charge < -0.3 is 9.84 Å². The van der Waals surface area contributed by atoms with Crippen LogP contribution in [0.5, 0.6) is 0 Å². The smallest absolute Gasteiger partial charge is 0.223 e. The van der Waals surface area contributed by atoms with Gasteiger partial charge in [0.2, 0.25) is 5.89 Å². The molecule has 1 aliphatic heterocycles. The molecule has 0 aliphatic carbocycles. The van der Waals surface area contributed by atoms with Crippen molar-refractivity contribution in [2.75, 3.05) is 13.1 Å². The second-order valence-electron chi connectivity index (χ2n) is 4.79. The number of nitrogens with zero attached hydrogens (tertiary/aromatic N) is 3. The van der Waals surface area contributed by atoms with E-state index >= 15 is 0 Å². The summed E-state index contributed by atoms with van der Waals surface area (Å²) in [5.41, 5.74) is 0. The van der Waals surface area contributed by atoms with Gasteiger partial charge in [0.15, 0.2) is 11.0 Å². The van der Waals surface area contributed by atoms with Gasteiger partial charge in [-0.25, -0.2) is 0 Å². The topological polar surface area (TPSA) is 63.3 Å². The Kier molecular flexibility index (Phi) is 5.24. The molecule has 0 fully saturated rings. The van der Waals surface area contributed by atoms with Gasteiger partial charge in [0.25, 0.3) is 0 Å². The van der Waals surface area contributed by atoms with E-state index in [-0.39, 0.29) is 0 Å². The van der Waals surface area contributed by atoms with Gasteiger partial charge in [-0.15, -0.1) is 0 Å². The summed E-state index contributed by atoms with van der Waals surface area (Å²) >= 11 is 1.88. The molecule has 1 aromatic heterocycles. The lowest BCUT2D eigenvalue weighted by molar-refractivity contribution is 0.387. The molecule has 0 saturated carbocycles. The Morgan fingerprint density at radius 1 is 1.42 bits per heavy atom. The largest absolute Gasteiger partial charge is 0.364 e. The molecule has 0 amide bonds. The van der Waals surface area contributed by atoms with Crippen LogP contribution in [0.25, 0.3) is 0 Å². The first kappa shape index (κ1) is 14.4. The molecule has 0 spiro atoms. The number of aliphatic imine (C=N–C) groups is 1. The zero-order chi connectivity index (χ0) is 13.7. The fraction of sp³-hybridized carbons (Fsp3) is 0.769. The van der Waals surface area contributed by atoms with Crippen molar-refractivity contribution >= 4 is 16.9 Å². The zero-order valence-corrected chi connectivity index (χ0v) is 12.7. The summed E-state index contributed by atoms with van der Waals surface area (Å²) in [6.45, 7) is 8.08. The van der Waals surface area contributed by atoms with Crippen LogP contribution in [0.4, 0.5) is 0 Å². The lowest BCUT2D eigenvalue weighted by Crippen LogP contribution is -2.24. The van der Waals surface area contributed by atoms with Gasteiger partial charge in [-0.05, 0) is 5.92 Å². The molecule has 0 saturated heterocycles. The minimum absolute atomic E-state index is 0.622. The third-order valence-electron chi connectivity index (χ3n) is 3.45. The number of nitrogens with one attached hydrogen (secondary N) is 1. The van der Waals surface area contributed by atoms with Crippen LogP contribution in [-0.4, -0.2) is 33.6 Å². The Morgan fingerprint density at radius 3 is 2.84 bits per heavy atom. The van der Waals surface area contributed by atoms with E-state index in [9.17, 15) is 0 Å². The maximum atomic E-state index is 4.94. The number of amidine groups is 1. The molecule has 106 valence electrons. The number of rotatable bonds is 6. The summed E-state index contributed by atoms with van der Waals surface area (Å²) in [7, 11) is 0. The van der Waals surface area contributed by atoms with Crippen molar-refractivity contribution in [3.63, 3.8) is 0 Å². The molecule has 6 heteroatoms. The lowest BCUT2D eigenvalue weighted by Gasteiger charge is -2.18. The van der Waals surface area contributed by atoms with E-state index < -0.39 is 0 Å². The first-order valence-corrected chi connectivity index (χ1v) is 7.85. The van der Waals surface area contributed by atoms with E-state index in [4.69, 9.17) is 4.52 Å². The van der Waals surface area contributed by atoms with Crippen LogP contribution in [0.1, 0.15) is 38.4 Å². The Bertz CT molecular complexity index is 428. The van der Waals surface area contributed by atoms with Crippen molar-refractivity contribution in [3.8, 4) is 0 Å². The average Bonchev–Trinajstić information content (AvgIpc) is 3.01. The normalized spacial score (nSPS) is 18.9. The number of hydrogen-bond donors (Lipinski definition) is 1. The van der Waals surface area contributed by atoms with E-state index in [1.165, 1.54) is 12.8 Å². The van der Waals surface area contributed by atoms with Crippen molar-refractivity contribution in [2.24, 2.45) is 10.9 Å². The molecule has 0 aromatic carbocycles. The summed E-state index contributed by atoms with van der Waals surface area (Å²) in [5.74, 6) is 2.15. The SMILES string of the molecule is CCC(CC)C1CN=C(NCCc2noc(C)n2)S1. The summed E-state index contributed by atoms with van der Waals surface area (Å²) in [4.78, 5) is 8.75. The predicted molar refractivity (Wildman–Crippen MR) is 78.5 cm³/mol. The Hall–Kier alpha value is -1.04. The van der Waals surface area contributed by atoms with Crippen molar-refractivity contribution in [1.82, 2.24) is 15.5 Å². The van der Waals surface area contributed by atoms with Crippen LogP contribution in [-0.2, 0) is 6.42 Å². The minimum atomic E-state index is 0.622. The van der Waals surface area contributed by atoms with Crippen molar-refractivity contribution in [2.45, 2.75) is 45.3 Å². The lowest BCUT2D eigenvalue weighted by atomic mass is 9.99. The van der Waals surface area contributed by atoms with E-state index in [2.05, 4.69) is 34.3 Å². The quantitative estimate of drug-likeness (QED) is 0.868. The maximum Gasteiger partial charge on any atom is 0.223 e. The second kappa shape index (κ2) is 6.93. The highest BCUT2D eigenvalue weighted by Crippen LogP contribution is 2.30. The van der Waals surface area contributed by atoms with Gasteiger partial charge in [0.1, 0.15) is 0 Å². The van der Waals surface area contributed by atoms with Crippen LogP contribution in [0.3, 0.4) is 0 Å². The maximum absolute atomic E-state index is 4.94. The van der Waals surface area contributed by atoms with Crippen LogP contribution in [0.2, 0.25) is 0 Å². The Labute approximate surface area is 118 Å². The van der Waals surface area contributed by atoms with Gasteiger partial charge in [-0.3, -0.25) is 4.99 Å². The standard InChI is InChI=1S/C13H22N4OS/c1-4-10(5-2)11-8-15-13(19-11)14-7-6-12-16-9(3)18-17-12/h10-11H,4-8H2,1-3H3,(H,14,15). The van der Waals surface area contributed by atoms with Crippen molar-refractivity contribution in [3.05, 3.63) is 11.7 Å². The molecule has 1 aliphatic rings. The second-order valence-corrected chi connectivity index (χ2v) is 6.01. The summed E-state index contributed by atoms with van der Waals surface area (Å²) in [6.07, 6.45) is 3.24. The average molecular weight is 282 g/mol. The molecule has 0 bridgehead atoms. The molecule has 5 nitrogen and oxygen atoms in total. The van der Waals surface area contributed by atoms with Crippen LogP contribution < -0.4 is 5.32 Å². The Balaban J connectivity index is 1.70. The number of thioether (sulfide) groups is 1. The highest BCUT2D eigenvalue weighted by atomic mass is 32.2. The van der Waals surface area contributed by atoms with Gasteiger partial charge in [-0.1, -0.05) is 43.6 Å². The highest BCUT2D eigenvalue weighted by molar-refractivity contribution is 8.14. The van der Waals surface area contributed by atoms with E-state index in [1.807, 2.05) is 11.8 Å². The van der Waals surface area contributed by atoms with E-state index in [0.717, 1.165) is 36.4 Å². The van der Waals surface area contributed by atoms with Gasteiger partial charge in [-0.2, -0.15) is 4.98 Å². The monoisotopic (exact) mass is 282 g/mol. The third-order valence-corrected chi connectivity index (χ3v) is 4.78. The molecule has 1 aromatic rings. The fourth-order valence-corrected chi connectivity index (χ4v) is 3.62. The number of aryl methyl sites for hydroxylation is 1. The summed E-state index contributed by atoms with van der Waals surface area (Å²) in [5, 5.41) is 8.95. The first-order valence-electron chi connectivity index (χ1n) is 6.97.